The van der Waals surface area contributed by atoms with Crippen molar-refractivity contribution in [1.82, 2.24) is 0 Å². The van der Waals surface area contributed by atoms with Gasteiger partial charge in [-0.05, 0) is 43.3 Å². The summed E-state index contributed by atoms with van der Waals surface area (Å²) in [6.45, 7) is 2.95. The quantitative estimate of drug-likeness (QED) is 0.356. The van der Waals surface area contributed by atoms with Crippen molar-refractivity contribution in [2.45, 2.75) is 13.3 Å². The zero-order valence-electron chi connectivity index (χ0n) is 15.2. The molecule has 0 saturated carbocycles. The molecule has 0 radical (unpaired) electrons. The third kappa shape index (κ3) is 6.12. The molecule has 2 aromatic rings. The maximum Gasteiger partial charge on any atom is 0.308 e. The Morgan fingerprint density at radius 2 is 1.86 bits per heavy atom. The summed E-state index contributed by atoms with van der Waals surface area (Å²) >= 11 is 12.2. The van der Waals surface area contributed by atoms with Gasteiger partial charge < -0.3 is 15.4 Å². The number of nitrogen functional groups attached to an aromatic ring is 1. The number of hydrogen-bond donors (Lipinski definition) is 1. The number of halogens is 2. The molecule has 0 aliphatic rings. The number of anilines is 2. The van der Waals surface area contributed by atoms with Crippen LogP contribution >= 0.6 is 23.2 Å². The number of nitrogens with zero attached hydrogens (tertiary/aromatic N) is 4. The Bertz CT molecular complexity index is 871. The third-order valence-corrected chi connectivity index (χ3v) is 4.36. The molecule has 0 unspecified atom stereocenters. The van der Waals surface area contributed by atoms with Gasteiger partial charge in [0.25, 0.3) is 0 Å². The molecule has 2 rings (SSSR count). The van der Waals surface area contributed by atoms with Crippen LogP contribution in [0.25, 0.3) is 0 Å². The van der Waals surface area contributed by atoms with Crippen molar-refractivity contribution >= 4 is 51.9 Å². The normalized spacial score (nSPS) is 10.6. The van der Waals surface area contributed by atoms with Crippen LogP contribution in [0.4, 0.5) is 22.7 Å². The van der Waals surface area contributed by atoms with E-state index < -0.39 is 5.97 Å². The molecule has 0 fully saturated rings. The number of carbonyl (C=O) groups excluding carboxylic acids is 1. The lowest BCUT2D eigenvalue weighted by molar-refractivity contribution is -0.141. The van der Waals surface area contributed by atoms with Crippen LogP contribution in [0, 0.1) is 11.3 Å². The molecule has 0 aliphatic carbocycles. The van der Waals surface area contributed by atoms with Gasteiger partial charge in [-0.3, -0.25) is 4.79 Å². The van der Waals surface area contributed by atoms with Gasteiger partial charge in [-0.25, -0.2) is 0 Å². The number of ether oxygens (including phenoxy) is 1. The van der Waals surface area contributed by atoms with Crippen molar-refractivity contribution in [3.05, 3.63) is 46.4 Å². The van der Waals surface area contributed by atoms with Crippen LogP contribution in [0.1, 0.15) is 13.3 Å². The van der Waals surface area contributed by atoms with Gasteiger partial charge in [0.2, 0.25) is 0 Å². The summed E-state index contributed by atoms with van der Waals surface area (Å²) in [6.07, 6.45) is 0.200. The van der Waals surface area contributed by atoms with Crippen LogP contribution < -0.4 is 10.6 Å². The van der Waals surface area contributed by atoms with E-state index in [1.807, 2.05) is 24.0 Å². The molecule has 0 atom stereocenters. The van der Waals surface area contributed by atoms with Crippen LogP contribution in [0.5, 0.6) is 0 Å². The number of nitriles is 1. The molecular weight excluding hydrogens is 401 g/mol. The van der Waals surface area contributed by atoms with Crippen molar-refractivity contribution in [2.75, 3.05) is 30.3 Å². The van der Waals surface area contributed by atoms with E-state index >= 15 is 0 Å². The summed E-state index contributed by atoms with van der Waals surface area (Å²) in [5.41, 5.74) is 8.03. The highest BCUT2D eigenvalue weighted by Crippen LogP contribution is 2.36. The Labute approximate surface area is 173 Å². The average molecular weight is 420 g/mol. The molecule has 0 aliphatic heterocycles. The number of benzene rings is 2. The molecule has 0 bridgehead atoms. The number of rotatable bonds is 8. The lowest BCUT2D eigenvalue weighted by Gasteiger charge is -2.22. The summed E-state index contributed by atoms with van der Waals surface area (Å²) in [4.78, 5) is 13.6. The van der Waals surface area contributed by atoms with Crippen LogP contribution in [-0.4, -0.2) is 25.7 Å². The minimum Gasteiger partial charge on any atom is -0.450 e. The zero-order chi connectivity index (χ0) is 20.5. The second-order valence-electron chi connectivity index (χ2n) is 5.70. The Kier molecular flexibility index (Phi) is 8.05. The molecule has 9 heteroatoms. The van der Waals surface area contributed by atoms with Crippen molar-refractivity contribution in [1.29, 1.82) is 5.26 Å². The van der Waals surface area contributed by atoms with Gasteiger partial charge in [0.1, 0.15) is 11.8 Å². The van der Waals surface area contributed by atoms with Crippen molar-refractivity contribution in [3.8, 4) is 6.07 Å². The highest BCUT2D eigenvalue weighted by molar-refractivity contribution is 6.39. The highest BCUT2D eigenvalue weighted by atomic mass is 35.5. The van der Waals surface area contributed by atoms with Gasteiger partial charge in [0, 0.05) is 24.5 Å². The second-order valence-corrected chi connectivity index (χ2v) is 6.51. The summed E-state index contributed by atoms with van der Waals surface area (Å²) in [5.74, 6) is -0.400. The molecule has 2 N–H and O–H groups in total. The monoisotopic (exact) mass is 419 g/mol. The molecule has 0 saturated heterocycles. The van der Waals surface area contributed by atoms with Gasteiger partial charge in [-0.2, -0.15) is 10.4 Å². The predicted octanol–water partition coefficient (Wildman–Crippen LogP) is 5.27. The molecule has 146 valence electrons. The molecule has 0 amide bonds. The van der Waals surface area contributed by atoms with E-state index in [-0.39, 0.29) is 13.0 Å². The Hall–Kier alpha value is -2.82. The fraction of sp³-hybridized carbons (Fsp3) is 0.263. The molecule has 0 aromatic heterocycles. The first-order valence-corrected chi connectivity index (χ1v) is 9.24. The van der Waals surface area contributed by atoms with Gasteiger partial charge in [-0.15, -0.1) is 5.11 Å². The third-order valence-electron chi connectivity index (χ3n) is 3.78. The zero-order valence-corrected chi connectivity index (χ0v) is 16.7. The van der Waals surface area contributed by atoms with E-state index in [2.05, 4.69) is 10.2 Å². The first kappa shape index (κ1) is 21.5. The molecule has 7 nitrogen and oxygen atoms in total. The Morgan fingerprint density at radius 1 is 1.21 bits per heavy atom. The van der Waals surface area contributed by atoms with Gasteiger partial charge in [0.15, 0.2) is 6.61 Å². The van der Waals surface area contributed by atoms with E-state index in [1.54, 1.807) is 30.3 Å². The van der Waals surface area contributed by atoms with E-state index in [9.17, 15) is 4.79 Å². The fourth-order valence-electron chi connectivity index (χ4n) is 2.40. The lowest BCUT2D eigenvalue weighted by Crippen LogP contribution is -2.26. The summed E-state index contributed by atoms with van der Waals surface area (Å²) in [5, 5.41) is 17.3. The maximum atomic E-state index is 11.5. The van der Waals surface area contributed by atoms with Crippen molar-refractivity contribution in [2.24, 2.45) is 10.2 Å². The van der Waals surface area contributed by atoms with Gasteiger partial charge >= 0.3 is 5.97 Å². The van der Waals surface area contributed by atoms with E-state index in [0.29, 0.717) is 40.2 Å². The first-order chi connectivity index (χ1) is 13.4. The predicted molar refractivity (Wildman–Crippen MR) is 111 cm³/mol. The SMILES string of the molecule is CCN(CCC(=O)OCC#N)c1ccc(N=Nc2c(Cl)cc(N)cc2Cl)cc1. The molecule has 28 heavy (non-hydrogen) atoms. The van der Waals surface area contributed by atoms with Crippen LogP contribution in [0.15, 0.2) is 46.6 Å². The smallest absolute Gasteiger partial charge is 0.308 e. The van der Waals surface area contributed by atoms with E-state index in [1.165, 1.54) is 0 Å². The summed E-state index contributed by atoms with van der Waals surface area (Å²) < 4.78 is 4.76. The second kappa shape index (κ2) is 10.5. The van der Waals surface area contributed by atoms with Crippen LogP contribution in [-0.2, 0) is 9.53 Å². The Balaban J connectivity index is 2.04. The number of nitrogens with two attached hydrogens (primary N) is 1. The minimum absolute atomic E-state index is 0.200. The van der Waals surface area contributed by atoms with Crippen LogP contribution in [0.2, 0.25) is 10.0 Å². The largest absolute Gasteiger partial charge is 0.450 e. The molecule has 0 spiro atoms. The van der Waals surface area contributed by atoms with E-state index in [4.69, 9.17) is 38.9 Å². The molecule has 2 aromatic carbocycles. The van der Waals surface area contributed by atoms with Crippen molar-refractivity contribution < 1.29 is 9.53 Å². The Morgan fingerprint density at radius 3 is 2.43 bits per heavy atom. The molecule has 0 heterocycles. The van der Waals surface area contributed by atoms with Crippen molar-refractivity contribution in [3.63, 3.8) is 0 Å². The standard InChI is InChI=1S/C19H19Cl2N5O2/c1-2-26(9-7-18(27)28-10-8-22)15-5-3-14(4-6-15)24-25-19-16(20)11-13(23)12-17(19)21/h3-6,11-12H,2,7,9-10,23H2,1H3. The maximum absolute atomic E-state index is 11.5. The van der Waals surface area contributed by atoms with Gasteiger partial charge in [-0.1, -0.05) is 23.2 Å². The van der Waals surface area contributed by atoms with Gasteiger partial charge in [0.05, 0.1) is 22.2 Å². The topological polar surface area (TPSA) is 104 Å². The fourth-order valence-corrected chi connectivity index (χ4v) is 2.98. The highest BCUT2D eigenvalue weighted by Gasteiger charge is 2.09. The average Bonchev–Trinajstić information content (AvgIpc) is 2.67. The number of hydrogen-bond acceptors (Lipinski definition) is 7. The van der Waals surface area contributed by atoms with E-state index in [0.717, 1.165) is 5.69 Å². The number of carbonyl (C=O) groups is 1. The lowest BCUT2D eigenvalue weighted by atomic mass is 10.2. The van der Waals surface area contributed by atoms with Crippen LogP contribution in [0.3, 0.4) is 0 Å². The summed E-state index contributed by atoms with van der Waals surface area (Å²) in [6, 6.07) is 12.3. The molecular formula is C19H19Cl2N5O2. The number of azo groups is 1. The summed E-state index contributed by atoms with van der Waals surface area (Å²) in [7, 11) is 0. The minimum atomic E-state index is -0.400. The number of esters is 1. The first-order valence-electron chi connectivity index (χ1n) is 8.48.